The quantitative estimate of drug-likeness (QED) is 0.737. The molecule has 2 aromatic heterocycles. The van der Waals surface area contributed by atoms with Crippen LogP contribution in [0.1, 0.15) is 0 Å². The number of nitrogens with zero attached hydrogens (tertiary/aromatic N) is 4. The summed E-state index contributed by atoms with van der Waals surface area (Å²) < 4.78 is 6.62. The normalized spacial score (nSPS) is 11.0. The van der Waals surface area contributed by atoms with Crippen molar-refractivity contribution in [2.45, 2.75) is 6.54 Å². The minimum Gasteiger partial charge on any atom is -0.383 e. The molecule has 0 radical (unpaired) electrons. The Morgan fingerprint density at radius 1 is 1.36 bits per heavy atom. The van der Waals surface area contributed by atoms with Crippen molar-refractivity contribution in [1.82, 2.24) is 19.5 Å². The second kappa shape index (κ2) is 6.21. The zero-order valence-corrected chi connectivity index (χ0v) is 12.6. The fourth-order valence-corrected chi connectivity index (χ4v) is 2.40. The van der Waals surface area contributed by atoms with E-state index in [4.69, 9.17) is 16.3 Å². The number of hydrogen-bond donors (Lipinski definition) is 0. The zero-order valence-electron chi connectivity index (χ0n) is 11.9. The summed E-state index contributed by atoms with van der Waals surface area (Å²) in [6.07, 6.45) is 2.98. The monoisotopic (exact) mass is 316 g/mol. The van der Waals surface area contributed by atoms with Gasteiger partial charge in [0.1, 0.15) is 17.5 Å². The Balaban J connectivity index is 2.27. The average Bonchev–Trinajstić information content (AvgIpc) is 2.53. The average molecular weight is 317 g/mol. The molecular weight excluding hydrogens is 304 g/mol. The van der Waals surface area contributed by atoms with Crippen LogP contribution in [0.3, 0.4) is 0 Å². The van der Waals surface area contributed by atoms with E-state index in [2.05, 4.69) is 15.0 Å². The molecule has 7 heteroatoms. The number of rotatable bonds is 4. The summed E-state index contributed by atoms with van der Waals surface area (Å²) in [6, 6.07) is 7.04. The first-order valence-corrected chi connectivity index (χ1v) is 7.04. The van der Waals surface area contributed by atoms with Gasteiger partial charge in [-0.05, 0) is 12.1 Å². The minimum absolute atomic E-state index is 0.231. The second-order valence-electron chi connectivity index (χ2n) is 4.65. The van der Waals surface area contributed by atoms with Crippen molar-refractivity contribution in [2.24, 2.45) is 0 Å². The molecule has 2 heterocycles. The lowest BCUT2D eigenvalue weighted by atomic mass is 10.1. The summed E-state index contributed by atoms with van der Waals surface area (Å²) in [5, 5.41) is 0.548. The summed E-state index contributed by atoms with van der Waals surface area (Å²) in [5.74, 6) is 0. The maximum atomic E-state index is 12.7. The molecule has 0 aliphatic carbocycles. The molecule has 0 spiro atoms. The smallest absolute Gasteiger partial charge is 0.278 e. The van der Waals surface area contributed by atoms with Gasteiger partial charge in [-0.1, -0.05) is 23.7 Å². The van der Waals surface area contributed by atoms with Gasteiger partial charge in [-0.25, -0.2) is 15.0 Å². The molecule has 0 aliphatic rings. The molecule has 0 amide bonds. The fourth-order valence-electron chi connectivity index (χ4n) is 2.21. The Morgan fingerprint density at radius 2 is 2.23 bits per heavy atom. The predicted molar refractivity (Wildman–Crippen MR) is 83.9 cm³/mol. The molecule has 3 aromatic rings. The highest BCUT2D eigenvalue weighted by Crippen LogP contribution is 2.20. The largest absolute Gasteiger partial charge is 0.383 e. The highest BCUT2D eigenvalue weighted by molar-refractivity contribution is 6.30. The summed E-state index contributed by atoms with van der Waals surface area (Å²) in [4.78, 5) is 25.3. The molecule has 112 valence electrons. The van der Waals surface area contributed by atoms with Gasteiger partial charge in [-0.15, -0.1) is 0 Å². The molecule has 0 bridgehead atoms. The molecule has 0 unspecified atom stereocenters. The van der Waals surface area contributed by atoms with Crippen LogP contribution in [-0.2, 0) is 11.3 Å². The van der Waals surface area contributed by atoms with E-state index in [1.165, 1.54) is 6.33 Å². The summed E-state index contributed by atoms with van der Waals surface area (Å²) in [5.41, 5.74) is 1.79. The van der Waals surface area contributed by atoms with Crippen LogP contribution in [0.15, 0.2) is 41.6 Å². The van der Waals surface area contributed by atoms with Gasteiger partial charge >= 0.3 is 0 Å². The number of fused-ring (bicyclic) bond motifs is 1. The molecule has 0 fully saturated rings. The number of hydrogen-bond acceptors (Lipinski definition) is 5. The van der Waals surface area contributed by atoms with Crippen molar-refractivity contribution in [3.05, 3.63) is 52.2 Å². The van der Waals surface area contributed by atoms with E-state index < -0.39 is 0 Å². The second-order valence-corrected chi connectivity index (χ2v) is 5.09. The lowest BCUT2D eigenvalue weighted by molar-refractivity contribution is 0.187. The Morgan fingerprint density at radius 3 is 3.00 bits per heavy atom. The van der Waals surface area contributed by atoms with Crippen molar-refractivity contribution in [1.29, 1.82) is 0 Å². The van der Waals surface area contributed by atoms with Gasteiger partial charge < -0.3 is 4.74 Å². The third-order valence-electron chi connectivity index (χ3n) is 3.23. The third kappa shape index (κ3) is 2.70. The zero-order chi connectivity index (χ0) is 15.5. The maximum absolute atomic E-state index is 12.7. The van der Waals surface area contributed by atoms with Gasteiger partial charge in [0.25, 0.3) is 5.56 Å². The minimum atomic E-state index is -0.231. The van der Waals surface area contributed by atoms with Crippen molar-refractivity contribution >= 4 is 22.8 Å². The third-order valence-corrected chi connectivity index (χ3v) is 3.46. The Bertz CT molecular complexity index is 879. The molecule has 0 saturated heterocycles. The van der Waals surface area contributed by atoms with Gasteiger partial charge in [0.15, 0.2) is 5.65 Å². The molecule has 3 rings (SSSR count). The molecule has 1 aromatic carbocycles. The van der Waals surface area contributed by atoms with Crippen LogP contribution in [0.4, 0.5) is 0 Å². The van der Waals surface area contributed by atoms with E-state index in [0.717, 1.165) is 0 Å². The standard InChI is InChI=1S/C15H13ClN4O2/c1-22-6-5-20-14-12(8-17-9-18-14)19-13(15(20)21)10-3-2-4-11(16)7-10/h2-4,7-9H,5-6H2,1H3. The van der Waals surface area contributed by atoms with Gasteiger partial charge in [-0.3, -0.25) is 9.36 Å². The first kappa shape index (κ1) is 14.6. The number of ether oxygens (including phenoxy) is 1. The van der Waals surface area contributed by atoms with Gasteiger partial charge in [0.05, 0.1) is 19.3 Å². The van der Waals surface area contributed by atoms with Crippen LogP contribution < -0.4 is 5.56 Å². The predicted octanol–water partition coefficient (Wildman–Crippen LogP) is 2.15. The van der Waals surface area contributed by atoms with E-state index in [-0.39, 0.29) is 5.56 Å². The van der Waals surface area contributed by atoms with Crippen LogP contribution in [0.5, 0.6) is 0 Å². The Labute approximate surface area is 131 Å². The van der Waals surface area contributed by atoms with Crippen LogP contribution >= 0.6 is 11.6 Å². The Hall–Kier alpha value is -2.31. The molecular formula is C15H13ClN4O2. The van der Waals surface area contributed by atoms with Crippen molar-refractivity contribution in [3.8, 4) is 11.3 Å². The van der Waals surface area contributed by atoms with Gasteiger partial charge in [-0.2, -0.15) is 0 Å². The van der Waals surface area contributed by atoms with Gasteiger partial charge in [0, 0.05) is 17.7 Å². The van der Waals surface area contributed by atoms with Crippen molar-refractivity contribution in [2.75, 3.05) is 13.7 Å². The lowest BCUT2D eigenvalue weighted by Gasteiger charge is -2.10. The van der Waals surface area contributed by atoms with Crippen LogP contribution in [0.2, 0.25) is 5.02 Å². The van der Waals surface area contributed by atoms with Crippen LogP contribution in [0, 0.1) is 0 Å². The molecule has 0 N–H and O–H groups in total. The molecule has 0 atom stereocenters. The Kier molecular flexibility index (Phi) is 4.13. The van der Waals surface area contributed by atoms with E-state index in [1.54, 1.807) is 42.1 Å². The van der Waals surface area contributed by atoms with E-state index >= 15 is 0 Å². The fraction of sp³-hybridized carbons (Fsp3) is 0.200. The van der Waals surface area contributed by atoms with Crippen LogP contribution in [-0.4, -0.2) is 33.2 Å². The van der Waals surface area contributed by atoms with Crippen molar-refractivity contribution in [3.63, 3.8) is 0 Å². The van der Waals surface area contributed by atoms with Crippen molar-refractivity contribution < 1.29 is 4.74 Å². The molecule has 0 saturated carbocycles. The first-order chi connectivity index (χ1) is 10.7. The van der Waals surface area contributed by atoms with E-state index in [9.17, 15) is 4.79 Å². The topological polar surface area (TPSA) is 69.9 Å². The molecule has 0 aliphatic heterocycles. The number of methoxy groups -OCH3 is 1. The maximum Gasteiger partial charge on any atom is 0.278 e. The van der Waals surface area contributed by atoms with Crippen LogP contribution in [0.25, 0.3) is 22.4 Å². The lowest BCUT2D eigenvalue weighted by Crippen LogP contribution is -2.26. The number of aromatic nitrogens is 4. The summed E-state index contributed by atoms with van der Waals surface area (Å²) in [7, 11) is 1.58. The summed E-state index contributed by atoms with van der Waals surface area (Å²) in [6.45, 7) is 0.789. The van der Waals surface area contributed by atoms with E-state index in [1.807, 2.05) is 0 Å². The SMILES string of the molecule is COCCn1c(=O)c(-c2cccc(Cl)c2)nc2cncnc21. The highest BCUT2D eigenvalue weighted by atomic mass is 35.5. The summed E-state index contributed by atoms with van der Waals surface area (Å²) >= 11 is 6.01. The van der Waals surface area contributed by atoms with Gasteiger partial charge in [0.2, 0.25) is 0 Å². The molecule has 22 heavy (non-hydrogen) atoms. The number of halogens is 1. The number of benzene rings is 1. The molecule has 6 nitrogen and oxygen atoms in total. The van der Waals surface area contributed by atoms with E-state index in [0.29, 0.717) is 40.6 Å². The first-order valence-electron chi connectivity index (χ1n) is 6.66. The highest BCUT2D eigenvalue weighted by Gasteiger charge is 2.13.